The number of amides is 1. The van der Waals surface area contributed by atoms with Gasteiger partial charge >= 0.3 is 5.97 Å². The monoisotopic (exact) mass is 622 g/mol. The Balaban J connectivity index is 1.51. The fourth-order valence-corrected chi connectivity index (χ4v) is 4.57. The first-order chi connectivity index (χ1) is 20.3. The number of ether oxygens (including phenoxy) is 4. The summed E-state index contributed by atoms with van der Waals surface area (Å²) >= 11 is 0. The minimum absolute atomic E-state index is 0.00227. The quantitative estimate of drug-likeness (QED) is 0.0959. The summed E-state index contributed by atoms with van der Waals surface area (Å²) in [5, 5.41) is 79.1. The van der Waals surface area contributed by atoms with Crippen molar-refractivity contribution in [3.8, 4) is 11.8 Å². The summed E-state index contributed by atoms with van der Waals surface area (Å²) in [7, 11) is 0. The van der Waals surface area contributed by atoms with E-state index in [9.17, 15) is 50.4 Å². The van der Waals surface area contributed by atoms with E-state index in [1.807, 2.05) is 0 Å². The van der Waals surface area contributed by atoms with Gasteiger partial charge in [-0.15, -0.1) is 4.73 Å². The third-order valence-electron chi connectivity index (χ3n) is 7.27. The SMILES string of the molecule is C[C@@H]1O[C@@H](OCCN(CCO[C@@H]2O[C@@H](C)[C@@H](O)[C@@H](O)[C@@H]2O)C(=O)CCCCC(=O)On2c(O)ccc2O)[C@@H](O)[C@H](O)[C@@H]1O. The van der Waals surface area contributed by atoms with Crippen molar-refractivity contribution in [1.82, 2.24) is 9.63 Å². The van der Waals surface area contributed by atoms with E-state index in [-0.39, 0.29) is 57.9 Å². The Hall–Kier alpha value is -2.58. The smallest absolute Gasteiger partial charge is 0.333 e. The van der Waals surface area contributed by atoms with Crippen molar-refractivity contribution in [3.63, 3.8) is 0 Å². The molecule has 0 aromatic carbocycles. The van der Waals surface area contributed by atoms with Crippen molar-refractivity contribution in [3.05, 3.63) is 12.1 Å². The van der Waals surface area contributed by atoms with Crippen molar-refractivity contribution in [1.29, 1.82) is 0 Å². The molecule has 2 fully saturated rings. The first-order valence-corrected chi connectivity index (χ1v) is 14.0. The summed E-state index contributed by atoms with van der Waals surface area (Å²) < 4.78 is 22.4. The lowest BCUT2D eigenvalue weighted by Gasteiger charge is -2.39. The van der Waals surface area contributed by atoms with Gasteiger partial charge in [0.25, 0.3) is 0 Å². The average Bonchev–Trinajstić information content (AvgIpc) is 3.29. The average molecular weight is 623 g/mol. The molecule has 0 aliphatic carbocycles. The topological polar surface area (TPSA) is 250 Å². The normalized spacial score (nSPS) is 32.8. The van der Waals surface area contributed by atoms with Crippen LogP contribution >= 0.6 is 0 Å². The van der Waals surface area contributed by atoms with Gasteiger partial charge in [-0.3, -0.25) is 4.79 Å². The maximum Gasteiger partial charge on any atom is 0.333 e. The van der Waals surface area contributed by atoms with Crippen LogP contribution in [0.15, 0.2) is 12.1 Å². The van der Waals surface area contributed by atoms with Crippen molar-refractivity contribution in [2.24, 2.45) is 0 Å². The van der Waals surface area contributed by atoms with Crippen molar-refractivity contribution < 1.29 is 74.2 Å². The number of aliphatic hydroxyl groups excluding tert-OH is 6. The standard InChI is InChI=1S/C26H42N2O15/c1-13-19(33)21(35)23(37)25(41-13)39-11-9-27(10-12-40-26-24(38)22(36)20(34)14(2)42-26)15(29)5-3-4-6-18(32)43-28-16(30)7-8-17(28)31/h7-8,13-14,19-26,30-31,33-38H,3-6,9-12H2,1-2H3/t13-,14-,19+,20+,21+,22+,23-,24-,25+,26+/m0/s1. The molecule has 0 spiro atoms. The highest BCUT2D eigenvalue weighted by Gasteiger charge is 2.43. The summed E-state index contributed by atoms with van der Waals surface area (Å²) in [5.74, 6) is -2.02. The zero-order valence-corrected chi connectivity index (χ0v) is 23.9. The molecule has 1 aromatic heterocycles. The maximum absolute atomic E-state index is 13.0. The van der Waals surface area contributed by atoms with Crippen LogP contribution in [0.1, 0.15) is 39.5 Å². The molecule has 0 unspecified atom stereocenters. The Morgan fingerprint density at radius 2 is 1.19 bits per heavy atom. The summed E-state index contributed by atoms with van der Waals surface area (Å²) in [6.45, 7) is 2.71. The van der Waals surface area contributed by atoms with Crippen LogP contribution in [0.2, 0.25) is 0 Å². The van der Waals surface area contributed by atoms with Crippen LogP contribution in [0, 0.1) is 0 Å². The van der Waals surface area contributed by atoms with Crippen LogP contribution in [0.5, 0.6) is 11.8 Å². The Morgan fingerprint density at radius 3 is 1.65 bits per heavy atom. The van der Waals surface area contributed by atoms with Crippen LogP contribution in [-0.2, 0) is 28.5 Å². The van der Waals surface area contributed by atoms with Gasteiger partial charge in [0.2, 0.25) is 17.7 Å². The molecule has 0 bridgehead atoms. The fourth-order valence-electron chi connectivity index (χ4n) is 4.57. The summed E-state index contributed by atoms with van der Waals surface area (Å²) in [6, 6.07) is 2.28. The van der Waals surface area contributed by atoms with Gasteiger partial charge in [-0.25, -0.2) is 4.79 Å². The zero-order valence-electron chi connectivity index (χ0n) is 23.9. The lowest BCUT2D eigenvalue weighted by Crippen LogP contribution is -2.57. The van der Waals surface area contributed by atoms with Crippen molar-refractivity contribution in [2.75, 3.05) is 26.3 Å². The van der Waals surface area contributed by atoms with E-state index in [1.54, 1.807) is 0 Å². The maximum atomic E-state index is 13.0. The molecular formula is C26H42N2O15. The van der Waals surface area contributed by atoms with Crippen LogP contribution in [-0.4, -0.2) is 150 Å². The molecule has 3 heterocycles. The molecule has 246 valence electrons. The van der Waals surface area contributed by atoms with Gasteiger partial charge in [0.05, 0.1) is 25.4 Å². The highest BCUT2D eigenvalue weighted by Crippen LogP contribution is 2.23. The Labute approximate surface area is 247 Å². The Bertz CT molecular complexity index is 981. The van der Waals surface area contributed by atoms with Crippen LogP contribution in [0.25, 0.3) is 0 Å². The molecule has 2 aliphatic rings. The number of carbonyl (C=O) groups excluding carboxylic acids is 2. The minimum Gasteiger partial charge on any atom is -0.492 e. The molecule has 3 rings (SSSR count). The fraction of sp³-hybridized carbons (Fsp3) is 0.769. The zero-order chi connectivity index (χ0) is 31.8. The number of aliphatic hydroxyl groups is 6. The van der Waals surface area contributed by atoms with Gasteiger partial charge in [0, 0.05) is 38.1 Å². The van der Waals surface area contributed by atoms with E-state index in [2.05, 4.69) is 0 Å². The van der Waals surface area contributed by atoms with E-state index in [4.69, 9.17) is 23.8 Å². The highest BCUT2D eigenvalue weighted by atomic mass is 16.7. The van der Waals surface area contributed by atoms with Crippen LogP contribution in [0.4, 0.5) is 0 Å². The summed E-state index contributed by atoms with van der Waals surface area (Å²) in [5.41, 5.74) is 0. The predicted molar refractivity (Wildman–Crippen MR) is 141 cm³/mol. The predicted octanol–water partition coefficient (Wildman–Crippen LogP) is -3.07. The molecule has 1 amide bonds. The summed E-state index contributed by atoms with van der Waals surface area (Å²) in [6.07, 6.45) is -12.4. The molecule has 17 nitrogen and oxygen atoms in total. The Morgan fingerprint density at radius 1 is 0.744 bits per heavy atom. The lowest BCUT2D eigenvalue weighted by molar-refractivity contribution is -0.295. The number of hydrogen-bond donors (Lipinski definition) is 8. The molecule has 1 aromatic rings. The third kappa shape index (κ3) is 9.21. The van der Waals surface area contributed by atoms with E-state index in [0.29, 0.717) is 4.73 Å². The number of unbranched alkanes of at least 4 members (excludes halogenated alkanes) is 1. The minimum atomic E-state index is -1.53. The summed E-state index contributed by atoms with van der Waals surface area (Å²) in [4.78, 5) is 31.3. The van der Waals surface area contributed by atoms with Gasteiger partial charge in [-0.1, -0.05) is 0 Å². The second kappa shape index (κ2) is 15.9. The van der Waals surface area contributed by atoms with E-state index < -0.39 is 79.1 Å². The van der Waals surface area contributed by atoms with Crippen molar-refractivity contribution in [2.45, 2.75) is 101 Å². The first-order valence-electron chi connectivity index (χ1n) is 14.0. The number of aromatic nitrogens is 1. The number of nitrogens with zero attached hydrogens (tertiary/aromatic N) is 2. The van der Waals surface area contributed by atoms with Crippen LogP contribution in [0.3, 0.4) is 0 Å². The molecule has 43 heavy (non-hydrogen) atoms. The number of hydrogen-bond acceptors (Lipinski definition) is 15. The molecule has 2 aliphatic heterocycles. The molecular weight excluding hydrogens is 580 g/mol. The van der Waals surface area contributed by atoms with Gasteiger partial charge < -0.3 is 69.5 Å². The molecule has 0 radical (unpaired) electrons. The third-order valence-corrected chi connectivity index (χ3v) is 7.27. The van der Waals surface area contributed by atoms with Gasteiger partial charge in [0.1, 0.15) is 36.6 Å². The number of carbonyl (C=O) groups is 2. The van der Waals surface area contributed by atoms with Crippen molar-refractivity contribution >= 4 is 11.9 Å². The second-order valence-electron chi connectivity index (χ2n) is 10.5. The van der Waals surface area contributed by atoms with E-state index in [0.717, 1.165) is 12.1 Å². The highest BCUT2D eigenvalue weighted by molar-refractivity contribution is 5.76. The molecule has 17 heteroatoms. The largest absolute Gasteiger partial charge is 0.492 e. The molecule has 0 saturated carbocycles. The van der Waals surface area contributed by atoms with E-state index in [1.165, 1.54) is 18.7 Å². The second-order valence-corrected chi connectivity index (χ2v) is 10.5. The first kappa shape index (κ1) is 34.9. The molecule has 2 saturated heterocycles. The van der Waals surface area contributed by atoms with Gasteiger partial charge in [-0.05, 0) is 26.7 Å². The number of rotatable bonds is 14. The lowest BCUT2D eigenvalue weighted by atomic mass is 10.0. The van der Waals surface area contributed by atoms with Crippen LogP contribution < -0.4 is 4.84 Å². The number of aromatic hydroxyl groups is 2. The van der Waals surface area contributed by atoms with Gasteiger partial charge in [-0.2, -0.15) is 0 Å². The van der Waals surface area contributed by atoms with Gasteiger partial charge in [0.15, 0.2) is 12.6 Å². The Kier molecular flexibility index (Phi) is 12.9. The molecule has 10 atom stereocenters. The van der Waals surface area contributed by atoms with E-state index >= 15 is 0 Å². The molecule has 8 N–H and O–H groups in total.